The first-order valence-electron chi connectivity index (χ1n) is 8.45. The second-order valence-corrected chi connectivity index (χ2v) is 6.63. The molecular formula is C21H18O5. The highest BCUT2D eigenvalue weighted by Gasteiger charge is 2.44. The maximum Gasteiger partial charge on any atom is 0.335 e. The third kappa shape index (κ3) is 2.56. The highest BCUT2D eigenvalue weighted by atomic mass is 16.5. The van der Waals surface area contributed by atoms with Crippen LogP contribution in [0.15, 0.2) is 51.7 Å². The van der Waals surface area contributed by atoms with Gasteiger partial charge >= 0.3 is 5.97 Å². The van der Waals surface area contributed by atoms with E-state index in [1.807, 2.05) is 24.3 Å². The Morgan fingerprint density at radius 1 is 1.19 bits per heavy atom. The number of rotatable bonds is 4. The van der Waals surface area contributed by atoms with Crippen LogP contribution in [0.3, 0.4) is 0 Å². The molecule has 1 N–H and O–H groups in total. The van der Waals surface area contributed by atoms with E-state index in [9.17, 15) is 9.59 Å². The number of aromatic carboxylic acids is 1. The van der Waals surface area contributed by atoms with Gasteiger partial charge in [0.05, 0.1) is 18.1 Å². The standard InChI is InChI=1S/C21H18O5/c1-11-19(22)16-9-12(21(23)24)7-8-18(16)26-20(11)15-10-14(15)13-5-3-4-6-17(13)25-2/h3-9,14-15H,10H2,1-2H3,(H,23,24). The molecule has 0 bridgehead atoms. The first-order valence-corrected chi connectivity index (χ1v) is 8.45. The van der Waals surface area contributed by atoms with Crippen molar-refractivity contribution in [3.8, 4) is 5.75 Å². The fourth-order valence-electron chi connectivity index (χ4n) is 3.59. The van der Waals surface area contributed by atoms with Crippen LogP contribution < -0.4 is 10.2 Å². The summed E-state index contributed by atoms with van der Waals surface area (Å²) in [6.07, 6.45) is 0.892. The Hall–Kier alpha value is -3.08. The van der Waals surface area contributed by atoms with Gasteiger partial charge < -0.3 is 14.3 Å². The Bertz CT molecular complexity index is 1080. The number of ether oxygens (including phenoxy) is 1. The highest BCUT2D eigenvalue weighted by Crippen LogP contribution is 2.57. The van der Waals surface area contributed by atoms with Gasteiger partial charge in [-0.25, -0.2) is 4.79 Å². The van der Waals surface area contributed by atoms with Crippen LogP contribution in [0.4, 0.5) is 0 Å². The Labute approximate surface area is 149 Å². The summed E-state index contributed by atoms with van der Waals surface area (Å²) < 4.78 is 11.5. The largest absolute Gasteiger partial charge is 0.496 e. The maximum atomic E-state index is 12.7. The average molecular weight is 350 g/mol. The van der Waals surface area contributed by atoms with Crippen LogP contribution >= 0.6 is 0 Å². The molecule has 0 aliphatic heterocycles. The molecule has 132 valence electrons. The van der Waals surface area contributed by atoms with Crippen molar-refractivity contribution in [3.63, 3.8) is 0 Å². The van der Waals surface area contributed by atoms with Crippen molar-refractivity contribution in [2.24, 2.45) is 0 Å². The third-order valence-electron chi connectivity index (χ3n) is 5.07. The van der Waals surface area contributed by atoms with Crippen LogP contribution in [0.1, 0.15) is 45.5 Å². The van der Waals surface area contributed by atoms with Crippen LogP contribution in [0.25, 0.3) is 11.0 Å². The van der Waals surface area contributed by atoms with Gasteiger partial charge in [0, 0.05) is 11.5 Å². The van der Waals surface area contributed by atoms with E-state index >= 15 is 0 Å². The highest BCUT2D eigenvalue weighted by molar-refractivity contribution is 5.92. The zero-order chi connectivity index (χ0) is 18.4. The van der Waals surface area contributed by atoms with Crippen molar-refractivity contribution in [1.82, 2.24) is 0 Å². The van der Waals surface area contributed by atoms with E-state index in [0.717, 1.165) is 17.7 Å². The van der Waals surface area contributed by atoms with E-state index in [1.54, 1.807) is 20.1 Å². The summed E-state index contributed by atoms with van der Waals surface area (Å²) in [6.45, 7) is 1.74. The van der Waals surface area contributed by atoms with Crippen molar-refractivity contribution < 1.29 is 19.1 Å². The normalized spacial score (nSPS) is 18.7. The van der Waals surface area contributed by atoms with Crippen molar-refractivity contribution >= 4 is 16.9 Å². The Kier molecular flexibility index (Phi) is 3.80. The summed E-state index contributed by atoms with van der Waals surface area (Å²) >= 11 is 0. The molecule has 3 aromatic rings. The molecule has 0 saturated heterocycles. The van der Waals surface area contributed by atoms with E-state index < -0.39 is 5.97 Å². The van der Waals surface area contributed by atoms with Gasteiger partial charge in [-0.05, 0) is 49.1 Å². The van der Waals surface area contributed by atoms with Gasteiger partial charge in [0.1, 0.15) is 17.1 Å². The van der Waals surface area contributed by atoms with Crippen molar-refractivity contribution in [1.29, 1.82) is 0 Å². The molecule has 1 saturated carbocycles. The van der Waals surface area contributed by atoms with Crippen LogP contribution in [-0.2, 0) is 0 Å². The van der Waals surface area contributed by atoms with Crippen LogP contribution in [0.2, 0.25) is 0 Å². The van der Waals surface area contributed by atoms with E-state index in [-0.39, 0.29) is 22.8 Å². The summed E-state index contributed by atoms with van der Waals surface area (Å²) in [6, 6.07) is 12.3. The fourth-order valence-corrected chi connectivity index (χ4v) is 3.59. The van der Waals surface area contributed by atoms with Crippen LogP contribution in [0.5, 0.6) is 5.75 Å². The second-order valence-electron chi connectivity index (χ2n) is 6.63. The van der Waals surface area contributed by atoms with Gasteiger partial charge in [-0.2, -0.15) is 0 Å². The minimum absolute atomic E-state index is 0.0790. The minimum atomic E-state index is -1.06. The number of fused-ring (bicyclic) bond motifs is 1. The average Bonchev–Trinajstić information content (AvgIpc) is 3.44. The number of carbonyl (C=O) groups is 1. The summed E-state index contributed by atoms with van der Waals surface area (Å²) in [7, 11) is 1.65. The summed E-state index contributed by atoms with van der Waals surface area (Å²) in [5.41, 5.74) is 1.99. The molecule has 5 heteroatoms. The minimum Gasteiger partial charge on any atom is -0.496 e. The van der Waals surface area contributed by atoms with Crippen molar-refractivity contribution in [3.05, 3.63) is 75.1 Å². The summed E-state index contributed by atoms with van der Waals surface area (Å²) in [4.78, 5) is 23.9. The fraction of sp³-hybridized carbons (Fsp3) is 0.238. The molecule has 2 unspecified atom stereocenters. The van der Waals surface area contributed by atoms with Crippen molar-refractivity contribution in [2.75, 3.05) is 7.11 Å². The predicted octanol–water partition coefficient (Wildman–Crippen LogP) is 4.08. The molecule has 0 radical (unpaired) electrons. The molecule has 2 atom stereocenters. The van der Waals surface area contributed by atoms with E-state index in [4.69, 9.17) is 14.3 Å². The molecule has 1 heterocycles. The van der Waals surface area contributed by atoms with E-state index in [2.05, 4.69) is 0 Å². The number of benzene rings is 2. The van der Waals surface area contributed by atoms with Gasteiger partial charge in [-0.3, -0.25) is 4.79 Å². The van der Waals surface area contributed by atoms with Crippen LogP contribution in [-0.4, -0.2) is 18.2 Å². The van der Waals surface area contributed by atoms with E-state index in [0.29, 0.717) is 22.3 Å². The molecule has 5 nitrogen and oxygen atoms in total. The first kappa shape index (κ1) is 16.4. The number of para-hydroxylation sites is 1. The molecule has 1 aromatic heterocycles. The molecular weight excluding hydrogens is 332 g/mol. The summed E-state index contributed by atoms with van der Waals surface area (Å²) in [5, 5.41) is 9.43. The number of hydrogen-bond acceptors (Lipinski definition) is 4. The Balaban J connectivity index is 1.77. The molecule has 1 aliphatic rings. The smallest absolute Gasteiger partial charge is 0.335 e. The Morgan fingerprint density at radius 3 is 2.69 bits per heavy atom. The lowest BCUT2D eigenvalue weighted by Crippen LogP contribution is -2.10. The monoisotopic (exact) mass is 350 g/mol. The number of carboxylic acid groups (broad SMARTS) is 1. The molecule has 2 aromatic carbocycles. The van der Waals surface area contributed by atoms with Crippen LogP contribution in [0, 0.1) is 6.92 Å². The molecule has 1 aliphatic carbocycles. The number of hydrogen-bond donors (Lipinski definition) is 1. The first-order chi connectivity index (χ1) is 12.5. The predicted molar refractivity (Wildman–Crippen MR) is 97.3 cm³/mol. The quantitative estimate of drug-likeness (QED) is 0.767. The van der Waals surface area contributed by atoms with E-state index in [1.165, 1.54) is 12.1 Å². The lowest BCUT2D eigenvalue weighted by atomic mass is 10.0. The lowest BCUT2D eigenvalue weighted by molar-refractivity contribution is 0.0697. The zero-order valence-electron chi connectivity index (χ0n) is 14.5. The third-order valence-corrected chi connectivity index (χ3v) is 5.07. The molecule has 4 rings (SSSR count). The molecule has 26 heavy (non-hydrogen) atoms. The lowest BCUT2D eigenvalue weighted by Gasteiger charge is -2.09. The Morgan fingerprint density at radius 2 is 1.96 bits per heavy atom. The zero-order valence-corrected chi connectivity index (χ0v) is 14.5. The number of methoxy groups -OCH3 is 1. The topological polar surface area (TPSA) is 76.7 Å². The summed E-state index contributed by atoms with van der Waals surface area (Å²) in [5.74, 6) is 0.839. The second kappa shape index (κ2) is 6.02. The SMILES string of the molecule is COc1ccccc1C1CC1c1oc2ccc(C(=O)O)cc2c(=O)c1C. The van der Waals surface area contributed by atoms with Gasteiger partial charge in [0.25, 0.3) is 0 Å². The van der Waals surface area contributed by atoms with Gasteiger partial charge in [0.15, 0.2) is 5.43 Å². The molecule has 1 fully saturated rings. The molecule has 0 amide bonds. The molecule has 0 spiro atoms. The maximum absolute atomic E-state index is 12.7. The van der Waals surface area contributed by atoms with Gasteiger partial charge in [0.2, 0.25) is 0 Å². The number of carboxylic acids is 1. The van der Waals surface area contributed by atoms with Gasteiger partial charge in [-0.15, -0.1) is 0 Å². The van der Waals surface area contributed by atoms with Gasteiger partial charge in [-0.1, -0.05) is 18.2 Å². The van der Waals surface area contributed by atoms with Crippen molar-refractivity contribution in [2.45, 2.75) is 25.2 Å².